The Kier molecular flexibility index (Phi) is 12.5. The monoisotopic (exact) mass is 524 g/mol. The fourth-order valence-electron chi connectivity index (χ4n) is 3.25. The van der Waals surface area contributed by atoms with E-state index in [1.165, 1.54) is 0 Å². The molecule has 3 aromatic rings. The van der Waals surface area contributed by atoms with Gasteiger partial charge in [-0.3, -0.25) is 4.79 Å². The van der Waals surface area contributed by atoms with Gasteiger partial charge in [-0.15, -0.1) is 6.58 Å². The Hall–Kier alpha value is -4.07. The summed E-state index contributed by atoms with van der Waals surface area (Å²) in [5, 5.41) is 12.3. The molecule has 1 amide bonds. The van der Waals surface area contributed by atoms with Crippen molar-refractivity contribution in [3.63, 3.8) is 0 Å². The number of aromatic nitrogens is 5. The number of carbonyl (C=O) groups excluding carboxylic acids is 1. The highest BCUT2D eigenvalue weighted by molar-refractivity contribution is 5.95. The summed E-state index contributed by atoms with van der Waals surface area (Å²) in [7, 11) is 0. The molecule has 0 atom stereocenters. The van der Waals surface area contributed by atoms with Crippen LogP contribution in [0, 0.1) is 0 Å². The third-order valence-electron chi connectivity index (χ3n) is 5.02. The van der Waals surface area contributed by atoms with Gasteiger partial charge in [-0.2, -0.15) is 15.0 Å². The molecular weight excluding hydrogens is 488 g/mol. The van der Waals surface area contributed by atoms with Crippen LogP contribution < -0.4 is 27.0 Å². The molecule has 38 heavy (non-hydrogen) atoms. The van der Waals surface area contributed by atoms with Crippen molar-refractivity contribution >= 4 is 29.4 Å². The quantitative estimate of drug-likeness (QED) is 0.114. The van der Waals surface area contributed by atoms with E-state index in [1.54, 1.807) is 36.8 Å². The van der Waals surface area contributed by atoms with Crippen LogP contribution in [0.4, 0.5) is 23.5 Å². The third-order valence-corrected chi connectivity index (χ3v) is 5.02. The molecule has 1 aromatic carbocycles. The molecule has 0 saturated heterocycles. The molecule has 3 rings (SSSR count). The minimum atomic E-state index is -0.208. The maximum atomic E-state index is 12.6. The number of carbonyl (C=O) groups is 1. The molecule has 0 aliphatic heterocycles. The fourth-order valence-corrected chi connectivity index (χ4v) is 3.25. The van der Waals surface area contributed by atoms with Crippen molar-refractivity contribution in [1.29, 1.82) is 0 Å². The lowest BCUT2D eigenvalue weighted by atomic mass is 10.2. The Balaban J connectivity index is 1.53. The standard InChI is InChI=1S/C25H36N10O3/c1-2-8-29-23-32-24(30-9-4-12-35-13-10-27-19-35)34-25(33-23)31-21-6-3-5-20(18-21)22(36)28-11-15-38-17-16-37-14-7-26/h2-3,5-6,10,13,18-19H,1,4,7-9,11-12,14-17,26H2,(H,28,36)(H3,29,30,31,32,33,34). The number of imidazole rings is 1. The van der Waals surface area contributed by atoms with E-state index in [0.717, 1.165) is 13.0 Å². The van der Waals surface area contributed by atoms with E-state index in [-0.39, 0.29) is 5.91 Å². The number of aryl methyl sites for hydroxylation is 1. The average Bonchev–Trinajstić information content (AvgIpc) is 3.45. The first-order valence-electron chi connectivity index (χ1n) is 12.5. The molecule has 6 N–H and O–H groups in total. The molecule has 204 valence electrons. The lowest BCUT2D eigenvalue weighted by molar-refractivity contribution is 0.0511. The summed E-state index contributed by atoms with van der Waals surface area (Å²) in [6, 6.07) is 7.09. The van der Waals surface area contributed by atoms with E-state index in [4.69, 9.17) is 15.2 Å². The van der Waals surface area contributed by atoms with Crippen LogP contribution in [0.3, 0.4) is 0 Å². The van der Waals surface area contributed by atoms with Gasteiger partial charge in [-0.1, -0.05) is 12.1 Å². The van der Waals surface area contributed by atoms with Crippen LogP contribution >= 0.6 is 0 Å². The molecule has 0 aliphatic carbocycles. The van der Waals surface area contributed by atoms with E-state index in [2.05, 4.69) is 47.8 Å². The predicted molar refractivity (Wildman–Crippen MR) is 147 cm³/mol. The van der Waals surface area contributed by atoms with Crippen LogP contribution in [0.1, 0.15) is 16.8 Å². The summed E-state index contributed by atoms with van der Waals surface area (Å²) in [6.07, 6.45) is 8.05. The van der Waals surface area contributed by atoms with Crippen LogP contribution in [0.5, 0.6) is 0 Å². The van der Waals surface area contributed by atoms with Gasteiger partial charge in [0.1, 0.15) is 0 Å². The molecule has 0 bridgehead atoms. The maximum Gasteiger partial charge on any atom is 0.251 e. The van der Waals surface area contributed by atoms with Crippen molar-refractivity contribution in [2.45, 2.75) is 13.0 Å². The molecule has 0 radical (unpaired) electrons. The highest BCUT2D eigenvalue weighted by atomic mass is 16.5. The van der Waals surface area contributed by atoms with Gasteiger partial charge in [-0.25, -0.2) is 4.98 Å². The molecule has 2 aromatic heterocycles. The number of benzene rings is 1. The highest BCUT2D eigenvalue weighted by Gasteiger charge is 2.09. The van der Waals surface area contributed by atoms with Gasteiger partial charge in [0.15, 0.2) is 0 Å². The number of nitrogens with two attached hydrogens (primary N) is 1. The van der Waals surface area contributed by atoms with Crippen LogP contribution in [-0.4, -0.2) is 83.0 Å². The Morgan fingerprint density at radius 1 is 1.03 bits per heavy atom. The first-order valence-corrected chi connectivity index (χ1v) is 12.5. The number of hydrogen-bond donors (Lipinski definition) is 5. The fraction of sp³-hybridized carbons (Fsp3) is 0.400. The van der Waals surface area contributed by atoms with Gasteiger partial charge in [0.05, 0.1) is 32.8 Å². The van der Waals surface area contributed by atoms with Crippen molar-refractivity contribution < 1.29 is 14.3 Å². The van der Waals surface area contributed by atoms with E-state index >= 15 is 0 Å². The summed E-state index contributed by atoms with van der Waals surface area (Å²) in [6.45, 7) is 8.41. The molecule has 0 saturated carbocycles. The average molecular weight is 525 g/mol. The number of ether oxygens (including phenoxy) is 2. The van der Waals surface area contributed by atoms with Crippen molar-refractivity contribution in [3.05, 3.63) is 61.2 Å². The summed E-state index contributed by atoms with van der Waals surface area (Å²) >= 11 is 0. The van der Waals surface area contributed by atoms with Gasteiger partial charge >= 0.3 is 0 Å². The minimum absolute atomic E-state index is 0.208. The smallest absolute Gasteiger partial charge is 0.251 e. The van der Waals surface area contributed by atoms with Crippen molar-refractivity contribution in [2.75, 3.05) is 68.6 Å². The molecule has 13 heteroatoms. The van der Waals surface area contributed by atoms with E-state index < -0.39 is 0 Å². The van der Waals surface area contributed by atoms with Crippen molar-refractivity contribution in [1.82, 2.24) is 29.8 Å². The summed E-state index contributed by atoms with van der Waals surface area (Å²) < 4.78 is 12.7. The maximum absolute atomic E-state index is 12.6. The molecule has 0 aliphatic rings. The normalized spacial score (nSPS) is 10.7. The van der Waals surface area contributed by atoms with Crippen LogP contribution in [0.2, 0.25) is 0 Å². The Labute approximate surface area is 222 Å². The zero-order valence-electron chi connectivity index (χ0n) is 21.4. The first kappa shape index (κ1) is 28.5. The second-order valence-electron chi connectivity index (χ2n) is 8.03. The number of anilines is 4. The van der Waals surface area contributed by atoms with Gasteiger partial charge in [-0.05, 0) is 24.6 Å². The zero-order chi connectivity index (χ0) is 26.8. The molecule has 0 unspecified atom stereocenters. The van der Waals surface area contributed by atoms with Crippen LogP contribution in [-0.2, 0) is 16.0 Å². The summed E-state index contributed by atoms with van der Waals surface area (Å²) in [5.41, 5.74) is 6.52. The number of nitrogens with one attached hydrogen (secondary N) is 4. The van der Waals surface area contributed by atoms with Crippen molar-refractivity contribution in [2.24, 2.45) is 5.73 Å². The van der Waals surface area contributed by atoms with E-state index in [9.17, 15) is 4.79 Å². The van der Waals surface area contributed by atoms with E-state index in [1.807, 2.05) is 16.8 Å². The van der Waals surface area contributed by atoms with Crippen molar-refractivity contribution in [3.8, 4) is 0 Å². The van der Waals surface area contributed by atoms with Gasteiger partial charge in [0.25, 0.3) is 5.91 Å². The lowest BCUT2D eigenvalue weighted by Gasteiger charge is -2.12. The summed E-state index contributed by atoms with van der Waals surface area (Å²) in [4.78, 5) is 29.9. The Bertz CT molecular complexity index is 1110. The van der Waals surface area contributed by atoms with Crippen LogP contribution in [0.15, 0.2) is 55.6 Å². The second kappa shape index (κ2) is 16.6. The zero-order valence-corrected chi connectivity index (χ0v) is 21.4. The summed E-state index contributed by atoms with van der Waals surface area (Å²) in [5.74, 6) is 0.969. The Morgan fingerprint density at radius 3 is 2.58 bits per heavy atom. The molecular formula is C25H36N10O3. The van der Waals surface area contributed by atoms with Gasteiger partial charge < -0.3 is 41.0 Å². The highest BCUT2D eigenvalue weighted by Crippen LogP contribution is 2.17. The number of amides is 1. The van der Waals surface area contributed by atoms with E-state index in [0.29, 0.717) is 81.7 Å². The molecule has 2 heterocycles. The topological polar surface area (TPSA) is 166 Å². The van der Waals surface area contributed by atoms with Crippen LogP contribution in [0.25, 0.3) is 0 Å². The molecule has 13 nitrogen and oxygen atoms in total. The lowest BCUT2D eigenvalue weighted by Crippen LogP contribution is -2.27. The first-order chi connectivity index (χ1) is 18.7. The largest absolute Gasteiger partial charge is 0.378 e. The number of hydrogen-bond acceptors (Lipinski definition) is 11. The number of rotatable bonds is 19. The number of nitrogens with zero attached hydrogens (tertiary/aromatic N) is 5. The second-order valence-corrected chi connectivity index (χ2v) is 8.03. The molecule has 0 spiro atoms. The van der Waals surface area contributed by atoms with Gasteiger partial charge in [0, 0.05) is 56.4 Å². The minimum Gasteiger partial charge on any atom is -0.378 e. The third kappa shape index (κ3) is 10.5. The predicted octanol–water partition coefficient (Wildman–Crippen LogP) is 1.63. The SMILES string of the molecule is C=CCNc1nc(NCCCn2ccnc2)nc(Nc2cccc(C(=O)NCCOCCOCCN)c2)n1. The van der Waals surface area contributed by atoms with Gasteiger partial charge in [0.2, 0.25) is 17.8 Å². The Morgan fingerprint density at radius 2 is 1.82 bits per heavy atom. The molecule has 0 fully saturated rings.